The molecule has 1 N–H and O–H groups in total. The normalized spacial score (nSPS) is 10.3. The summed E-state index contributed by atoms with van der Waals surface area (Å²) in [6, 6.07) is 14.0. The van der Waals surface area contributed by atoms with Crippen molar-refractivity contribution in [2.75, 3.05) is 5.32 Å². The van der Waals surface area contributed by atoms with Gasteiger partial charge >= 0.3 is 0 Å². The minimum atomic E-state index is 0.0488. The third-order valence-corrected chi connectivity index (χ3v) is 4.01. The molecule has 3 heteroatoms. The molecule has 0 heterocycles. The quantitative estimate of drug-likeness (QED) is 0.868. The third-order valence-electron chi connectivity index (χ3n) is 3.24. The van der Waals surface area contributed by atoms with E-state index in [9.17, 15) is 4.79 Å². The van der Waals surface area contributed by atoms with Gasteiger partial charge in [-0.3, -0.25) is 4.79 Å². The first-order valence-corrected chi connectivity index (χ1v) is 7.46. The number of carbonyl (C=O) groups is 1. The average molecular weight is 332 g/mol. The van der Waals surface area contributed by atoms with Gasteiger partial charge in [-0.2, -0.15) is 0 Å². The zero-order chi connectivity index (χ0) is 14.5. The van der Waals surface area contributed by atoms with Gasteiger partial charge in [-0.25, -0.2) is 0 Å². The zero-order valence-corrected chi connectivity index (χ0v) is 13.3. The van der Waals surface area contributed by atoms with E-state index in [2.05, 4.69) is 27.3 Å². The van der Waals surface area contributed by atoms with Crippen molar-refractivity contribution in [3.05, 3.63) is 63.6 Å². The number of rotatable bonds is 4. The van der Waals surface area contributed by atoms with Crippen LogP contribution < -0.4 is 5.32 Å². The van der Waals surface area contributed by atoms with E-state index in [-0.39, 0.29) is 5.91 Å². The van der Waals surface area contributed by atoms with Crippen LogP contribution in [0.15, 0.2) is 46.9 Å². The molecule has 0 radical (unpaired) electrons. The topological polar surface area (TPSA) is 29.1 Å². The Bertz CT molecular complexity index is 622. The van der Waals surface area contributed by atoms with Crippen LogP contribution in [0.2, 0.25) is 0 Å². The third kappa shape index (κ3) is 3.94. The molecule has 0 fully saturated rings. The molecule has 0 atom stereocenters. The van der Waals surface area contributed by atoms with Crippen LogP contribution in [-0.4, -0.2) is 5.91 Å². The van der Waals surface area contributed by atoms with Crippen molar-refractivity contribution in [2.24, 2.45) is 0 Å². The van der Waals surface area contributed by atoms with E-state index in [1.165, 1.54) is 5.56 Å². The van der Waals surface area contributed by atoms with Gasteiger partial charge in [0.05, 0.1) is 0 Å². The van der Waals surface area contributed by atoms with E-state index in [1.807, 2.05) is 50.2 Å². The molecule has 0 aliphatic rings. The predicted molar refractivity (Wildman–Crippen MR) is 87.0 cm³/mol. The molecule has 0 spiro atoms. The van der Waals surface area contributed by atoms with Crippen molar-refractivity contribution in [3.8, 4) is 0 Å². The maximum atomic E-state index is 12.0. The largest absolute Gasteiger partial charge is 0.326 e. The smallest absolute Gasteiger partial charge is 0.224 e. The Morgan fingerprint density at radius 3 is 2.60 bits per heavy atom. The summed E-state index contributed by atoms with van der Waals surface area (Å²) in [5.41, 5.74) is 4.35. The lowest BCUT2D eigenvalue weighted by atomic mass is 10.1. The molecule has 0 aliphatic carbocycles. The molecule has 0 aromatic heterocycles. The summed E-state index contributed by atoms with van der Waals surface area (Å²) in [5, 5.41) is 2.97. The van der Waals surface area contributed by atoms with Gasteiger partial charge in [0.2, 0.25) is 5.91 Å². The van der Waals surface area contributed by atoms with Gasteiger partial charge in [-0.1, -0.05) is 51.8 Å². The second-order valence-electron chi connectivity index (χ2n) is 4.96. The van der Waals surface area contributed by atoms with Crippen LogP contribution in [0.4, 0.5) is 5.69 Å². The standard InChI is InChI=1S/C17H18BrNO/c1-12-7-9-16(13(2)11-12)19-17(20)10-8-14-5-3-4-6-15(14)18/h3-7,9,11H,8,10H2,1-2H3,(H,19,20). The second-order valence-corrected chi connectivity index (χ2v) is 5.81. The van der Waals surface area contributed by atoms with Crippen molar-refractivity contribution >= 4 is 27.5 Å². The van der Waals surface area contributed by atoms with Crippen molar-refractivity contribution in [3.63, 3.8) is 0 Å². The highest BCUT2D eigenvalue weighted by molar-refractivity contribution is 9.10. The number of amides is 1. The highest BCUT2D eigenvalue weighted by Gasteiger charge is 2.06. The Labute approximate surface area is 128 Å². The summed E-state index contributed by atoms with van der Waals surface area (Å²) in [5.74, 6) is 0.0488. The molecule has 0 aliphatic heterocycles. The molecule has 0 unspecified atom stereocenters. The number of benzene rings is 2. The Morgan fingerprint density at radius 2 is 1.90 bits per heavy atom. The highest BCUT2D eigenvalue weighted by Crippen LogP contribution is 2.19. The van der Waals surface area contributed by atoms with E-state index in [1.54, 1.807) is 0 Å². The zero-order valence-electron chi connectivity index (χ0n) is 11.7. The summed E-state index contributed by atoms with van der Waals surface area (Å²) < 4.78 is 1.05. The van der Waals surface area contributed by atoms with Crippen molar-refractivity contribution < 1.29 is 4.79 Å². The van der Waals surface area contributed by atoms with Gasteiger partial charge in [0.25, 0.3) is 0 Å². The van der Waals surface area contributed by atoms with E-state index >= 15 is 0 Å². The fourth-order valence-electron chi connectivity index (χ4n) is 2.12. The first-order valence-electron chi connectivity index (χ1n) is 6.67. The minimum Gasteiger partial charge on any atom is -0.326 e. The number of carbonyl (C=O) groups excluding carboxylic acids is 1. The van der Waals surface area contributed by atoms with E-state index < -0.39 is 0 Å². The Morgan fingerprint density at radius 1 is 1.15 bits per heavy atom. The van der Waals surface area contributed by atoms with Crippen LogP contribution in [0.3, 0.4) is 0 Å². The van der Waals surface area contributed by atoms with Crippen LogP contribution in [0.5, 0.6) is 0 Å². The molecule has 2 aromatic rings. The fourth-order valence-corrected chi connectivity index (χ4v) is 2.60. The first kappa shape index (κ1) is 14.8. The van der Waals surface area contributed by atoms with Gasteiger partial charge in [-0.05, 0) is 43.5 Å². The van der Waals surface area contributed by atoms with E-state index in [4.69, 9.17) is 0 Å². The number of aryl methyl sites for hydroxylation is 3. The summed E-state index contributed by atoms with van der Waals surface area (Å²) in [6.07, 6.45) is 1.22. The van der Waals surface area contributed by atoms with Crippen LogP contribution in [-0.2, 0) is 11.2 Å². The summed E-state index contributed by atoms with van der Waals surface area (Å²) in [4.78, 5) is 12.0. The monoisotopic (exact) mass is 331 g/mol. The molecule has 1 amide bonds. The Hall–Kier alpha value is -1.61. The molecule has 0 saturated carbocycles. The summed E-state index contributed by atoms with van der Waals surface area (Å²) in [6.45, 7) is 4.06. The van der Waals surface area contributed by atoms with Crippen LogP contribution in [0.25, 0.3) is 0 Å². The van der Waals surface area contributed by atoms with Crippen molar-refractivity contribution in [1.29, 1.82) is 0 Å². The van der Waals surface area contributed by atoms with Gasteiger partial charge in [0, 0.05) is 16.6 Å². The lowest BCUT2D eigenvalue weighted by Crippen LogP contribution is -2.13. The number of nitrogens with one attached hydrogen (secondary N) is 1. The number of hydrogen-bond acceptors (Lipinski definition) is 1. The molecule has 104 valence electrons. The average Bonchev–Trinajstić information content (AvgIpc) is 2.41. The number of anilines is 1. The van der Waals surface area contributed by atoms with E-state index in [0.29, 0.717) is 6.42 Å². The van der Waals surface area contributed by atoms with Gasteiger partial charge in [0.15, 0.2) is 0 Å². The summed E-state index contributed by atoms with van der Waals surface area (Å²) in [7, 11) is 0. The molecular weight excluding hydrogens is 314 g/mol. The maximum Gasteiger partial charge on any atom is 0.224 e. The Balaban J connectivity index is 1.94. The Kier molecular flexibility index (Phi) is 4.96. The van der Waals surface area contributed by atoms with E-state index in [0.717, 1.165) is 27.7 Å². The number of halogens is 1. The van der Waals surface area contributed by atoms with Gasteiger partial charge < -0.3 is 5.32 Å². The van der Waals surface area contributed by atoms with Crippen molar-refractivity contribution in [1.82, 2.24) is 0 Å². The molecule has 20 heavy (non-hydrogen) atoms. The van der Waals surface area contributed by atoms with Crippen LogP contribution >= 0.6 is 15.9 Å². The number of hydrogen-bond donors (Lipinski definition) is 1. The predicted octanol–water partition coefficient (Wildman–Crippen LogP) is 4.64. The lowest BCUT2D eigenvalue weighted by Gasteiger charge is -2.09. The first-order chi connectivity index (χ1) is 9.56. The molecule has 2 aromatic carbocycles. The SMILES string of the molecule is Cc1ccc(NC(=O)CCc2ccccc2Br)c(C)c1. The minimum absolute atomic E-state index is 0.0488. The molecular formula is C17H18BrNO. The second kappa shape index (κ2) is 6.71. The van der Waals surface area contributed by atoms with Crippen LogP contribution in [0, 0.1) is 13.8 Å². The molecule has 0 bridgehead atoms. The van der Waals surface area contributed by atoms with Crippen molar-refractivity contribution in [2.45, 2.75) is 26.7 Å². The maximum absolute atomic E-state index is 12.0. The molecule has 2 nitrogen and oxygen atoms in total. The highest BCUT2D eigenvalue weighted by atomic mass is 79.9. The molecule has 0 saturated heterocycles. The van der Waals surface area contributed by atoms with Gasteiger partial charge in [-0.15, -0.1) is 0 Å². The lowest BCUT2D eigenvalue weighted by molar-refractivity contribution is -0.116. The fraction of sp³-hybridized carbons (Fsp3) is 0.235. The van der Waals surface area contributed by atoms with Gasteiger partial charge in [0.1, 0.15) is 0 Å². The molecule has 2 rings (SSSR count). The summed E-state index contributed by atoms with van der Waals surface area (Å²) >= 11 is 3.50. The van der Waals surface area contributed by atoms with Crippen LogP contribution in [0.1, 0.15) is 23.1 Å².